The largest absolute Gasteiger partial charge is 0.465 e. The number of rotatable bonds is 3. The quantitative estimate of drug-likeness (QED) is 0.914. The zero-order chi connectivity index (χ0) is 14.6. The fourth-order valence-electron chi connectivity index (χ4n) is 2.81. The summed E-state index contributed by atoms with van der Waals surface area (Å²) in [7, 11) is 0. The van der Waals surface area contributed by atoms with Crippen LogP contribution >= 0.6 is 0 Å². The third kappa shape index (κ3) is 2.50. The monoisotopic (exact) mass is 272 g/mol. The van der Waals surface area contributed by atoms with Crippen LogP contribution in [0.15, 0.2) is 30.3 Å². The van der Waals surface area contributed by atoms with Gasteiger partial charge in [0.25, 0.3) is 0 Å². The van der Waals surface area contributed by atoms with E-state index in [1.54, 1.807) is 0 Å². The van der Waals surface area contributed by atoms with Crippen molar-refractivity contribution >= 4 is 11.9 Å². The Kier molecular flexibility index (Phi) is 4.04. The molecule has 0 radical (unpaired) electrons. The van der Waals surface area contributed by atoms with E-state index in [1.165, 1.54) is 4.90 Å². The first kappa shape index (κ1) is 14.1. The third-order valence-corrected chi connectivity index (χ3v) is 3.99. The summed E-state index contributed by atoms with van der Waals surface area (Å²) in [5.74, 6) is -0.115. The number of piperidine rings is 1. The minimum absolute atomic E-state index is 0.115. The second kappa shape index (κ2) is 5.74. The van der Waals surface area contributed by atoms with E-state index in [4.69, 9.17) is 10.4 Å². The molecule has 1 saturated heterocycles. The normalized spacial score (nSPS) is 17.2. The van der Waals surface area contributed by atoms with Gasteiger partial charge in [0.15, 0.2) is 5.78 Å². The zero-order valence-corrected chi connectivity index (χ0v) is 11.1. The number of carbonyl (C=O) groups is 2. The predicted molar refractivity (Wildman–Crippen MR) is 72.2 cm³/mol. The lowest BCUT2D eigenvalue weighted by Crippen LogP contribution is -2.48. The SMILES string of the molecule is N#CCC(=O)C1(c2ccccc2)CCN(C(=O)O)CC1. The highest BCUT2D eigenvalue weighted by Gasteiger charge is 2.42. The van der Waals surface area contributed by atoms with Crippen LogP contribution in [-0.4, -0.2) is 35.0 Å². The van der Waals surface area contributed by atoms with Crippen LogP contribution in [0.3, 0.4) is 0 Å². The predicted octanol–water partition coefficient (Wildman–Crippen LogP) is 2.18. The van der Waals surface area contributed by atoms with Crippen LogP contribution in [0.1, 0.15) is 24.8 Å². The minimum Gasteiger partial charge on any atom is -0.465 e. The van der Waals surface area contributed by atoms with E-state index >= 15 is 0 Å². The number of hydrogen-bond donors (Lipinski definition) is 1. The van der Waals surface area contributed by atoms with E-state index in [0.29, 0.717) is 25.9 Å². The molecule has 1 aliphatic rings. The molecule has 104 valence electrons. The Labute approximate surface area is 117 Å². The van der Waals surface area contributed by atoms with E-state index in [-0.39, 0.29) is 12.2 Å². The lowest BCUT2D eigenvalue weighted by molar-refractivity contribution is -0.125. The highest BCUT2D eigenvalue weighted by atomic mass is 16.4. The third-order valence-electron chi connectivity index (χ3n) is 3.99. The maximum absolute atomic E-state index is 12.4. The summed E-state index contributed by atoms with van der Waals surface area (Å²) in [5, 5.41) is 17.8. The molecule has 5 nitrogen and oxygen atoms in total. The Morgan fingerprint density at radius 2 is 1.85 bits per heavy atom. The number of nitriles is 1. The summed E-state index contributed by atoms with van der Waals surface area (Å²) in [6, 6.07) is 11.3. The number of benzene rings is 1. The summed E-state index contributed by atoms with van der Waals surface area (Å²) in [4.78, 5) is 24.7. The first-order valence-corrected chi connectivity index (χ1v) is 6.54. The number of ketones is 1. The van der Waals surface area contributed by atoms with Crippen LogP contribution in [0, 0.1) is 11.3 Å². The lowest BCUT2D eigenvalue weighted by Gasteiger charge is -2.39. The van der Waals surface area contributed by atoms with Crippen molar-refractivity contribution in [3.8, 4) is 6.07 Å². The standard InChI is InChI=1S/C15H16N2O3/c16-9-6-13(18)15(12-4-2-1-3-5-12)7-10-17(11-8-15)14(19)20/h1-5H,6-8,10-11H2,(H,19,20). The fraction of sp³-hybridized carbons (Fsp3) is 0.400. The van der Waals surface area contributed by atoms with Crippen molar-refractivity contribution in [3.05, 3.63) is 35.9 Å². The zero-order valence-electron chi connectivity index (χ0n) is 11.1. The second-order valence-corrected chi connectivity index (χ2v) is 4.98. The van der Waals surface area contributed by atoms with Crippen molar-refractivity contribution < 1.29 is 14.7 Å². The maximum Gasteiger partial charge on any atom is 0.407 e. The molecule has 1 aliphatic heterocycles. The summed E-state index contributed by atoms with van der Waals surface area (Å²) in [6.45, 7) is 0.642. The highest BCUT2D eigenvalue weighted by molar-refractivity contribution is 5.92. The molecule has 0 unspecified atom stereocenters. The number of nitrogens with zero attached hydrogens (tertiary/aromatic N) is 2. The Balaban J connectivity index is 2.31. The molecule has 2 rings (SSSR count). The van der Waals surface area contributed by atoms with Gasteiger partial charge in [-0.2, -0.15) is 5.26 Å². The first-order valence-electron chi connectivity index (χ1n) is 6.54. The number of likely N-dealkylation sites (tertiary alicyclic amines) is 1. The van der Waals surface area contributed by atoms with Gasteiger partial charge in [-0.05, 0) is 18.4 Å². The van der Waals surface area contributed by atoms with Crippen LogP contribution in [0.4, 0.5) is 4.79 Å². The van der Waals surface area contributed by atoms with E-state index in [0.717, 1.165) is 5.56 Å². The summed E-state index contributed by atoms with van der Waals surface area (Å²) in [5.41, 5.74) is 0.161. The fourth-order valence-corrected chi connectivity index (χ4v) is 2.81. The van der Waals surface area contributed by atoms with Gasteiger partial charge in [-0.25, -0.2) is 4.79 Å². The maximum atomic E-state index is 12.4. The number of carboxylic acid groups (broad SMARTS) is 1. The number of amides is 1. The van der Waals surface area contributed by atoms with Crippen molar-refractivity contribution in [2.75, 3.05) is 13.1 Å². The van der Waals surface area contributed by atoms with Gasteiger partial charge in [-0.1, -0.05) is 30.3 Å². The molecule has 1 fully saturated rings. The molecule has 1 amide bonds. The van der Waals surface area contributed by atoms with Gasteiger partial charge in [-0.15, -0.1) is 0 Å². The average Bonchev–Trinajstić information content (AvgIpc) is 2.48. The van der Waals surface area contributed by atoms with E-state index < -0.39 is 11.5 Å². The van der Waals surface area contributed by atoms with Gasteiger partial charge >= 0.3 is 6.09 Å². The number of carbonyl (C=O) groups excluding carboxylic acids is 1. The van der Waals surface area contributed by atoms with Crippen LogP contribution in [0.25, 0.3) is 0 Å². The lowest BCUT2D eigenvalue weighted by atomic mass is 9.69. The van der Waals surface area contributed by atoms with Gasteiger partial charge in [0.1, 0.15) is 0 Å². The van der Waals surface area contributed by atoms with Crippen molar-refractivity contribution in [3.63, 3.8) is 0 Å². The number of hydrogen-bond acceptors (Lipinski definition) is 3. The number of Topliss-reactive ketones (excluding diaryl/α,β-unsaturated/α-hetero) is 1. The van der Waals surface area contributed by atoms with Crippen LogP contribution in [0.5, 0.6) is 0 Å². The molecule has 1 N–H and O–H groups in total. The van der Waals surface area contributed by atoms with Crippen molar-refractivity contribution in [1.82, 2.24) is 4.90 Å². The topological polar surface area (TPSA) is 81.4 Å². The molecule has 20 heavy (non-hydrogen) atoms. The van der Waals surface area contributed by atoms with Gasteiger partial charge in [0.2, 0.25) is 0 Å². The summed E-state index contributed by atoms with van der Waals surface area (Å²) in [6.07, 6.45) is -0.227. The Morgan fingerprint density at radius 1 is 1.25 bits per heavy atom. The van der Waals surface area contributed by atoms with Crippen LogP contribution in [-0.2, 0) is 10.2 Å². The minimum atomic E-state index is -0.959. The van der Waals surface area contributed by atoms with Gasteiger partial charge in [0, 0.05) is 13.1 Å². The molecule has 0 saturated carbocycles. The first-order chi connectivity index (χ1) is 9.60. The summed E-state index contributed by atoms with van der Waals surface area (Å²) >= 11 is 0. The second-order valence-electron chi connectivity index (χ2n) is 4.98. The smallest absolute Gasteiger partial charge is 0.407 e. The van der Waals surface area contributed by atoms with E-state index in [9.17, 15) is 9.59 Å². The van der Waals surface area contributed by atoms with E-state index in [1.807, 2.05) is 36.4 Å². The van der Waals surface area contributed by atoms with Gasteiger partial charge < -0.3 is 10.0 Å². The van der Waals surface area contributed by atoms with Crippen LogP contribution < -0.4 is 0 Å². The molecule has 1 aromatic carbocycles. The Hall–Kier alpha value is -2.35. The molecule has 1 heterocycles. The van der Waals surface area contributed by atoms with Crippen molar-refractivity contribution in [2.24, 2.45) is 0 Å². The van der Waals surface area contributed by atoms with Crippen molar-refractivity contribution in [1.29, 1.82) is 5.26 Å². The molecule has 5 heteroatoms. The van der Waals surface area contributed by atoms with Crippen LogP contribution in [0.2, 0.25) is 0 Å². The van der Waals surface area contributed by atoms with Gasteiger partial charge in [0.05, 0.1) is 17.9 Å². The molecular formula is C15H16N2O3. The van der Waals surface area contributed by atoms with Crippen molar-refractivity contribution in [2.45, 2.75) is 24.7 Å². The molecule has 1 aromatic rings. The van der Waals surface area contributed by atoms with Gasteiger partial charge in [-0.3, -0.25) is 4.79 Å². The average molecular weight is 272 g/mol. The van der Waals surface area contributed by atoms with E-state index in [2.05, 4.69) is 0 Å². The molecule has 0 bridgehead atoms. The summed E-state index contributed by atoms with van der Waals surface area (Å²) < 4.78 is 0. The molecule has 0 aliphatic carbocycles. The Morgan fingerprint density at radius 3 is 2.35 bits per heavy atom. The highest BCUT2D eigenvalue weighted by Crippen LogP contribution is 2.37. The molecule has 0 spiro atoms. The molecule has 0 aromatic heterocycles. The Bertz CT molecular complexity index is 540. The molecule has 0 atom stereocenters. The molecular weight excluding hydrogens is 256 g/mol.